The number of thioether (sulfide) groups is 2. The second-order valence-corrected chi connectivity index (χ2v) is 9.34. The molecular formula is C19H17Cl3N2S2. The molecule has 1 unspecified atom stereocenters. The number of halogens is 3. The maximum atomic E-state index is 6.38. The van der Waals surface area contributed by atoms with E-state index in [1.165, 1.54) is 4.90 Å². The Hall–Kier alpha value is -0.780. The molecule has 2 aromatic carbocycles. The molecule has 26 heavy (non-hydrogen) atoms. The van der Waals surface area contributed by atoms with E-state index in [4.69, 9.17) is 34.8 Å². The third-order valence-corrected chi connectivity index (χ3v) is 7.59. The SMILES string of the molecule is Cc1nccn1CC(CSc1ccc(Cl)cc1)Sc1c(Cl)cccc1Cl. The normalized spacial score (nSPS) is 12.3. The van der Waals surface area contributed by atoms with Crippen molar-refractivity contribution in [2.45, 2.75) is 28.5 Å². The second-order valence-electron chi connectivity index (χ2n) is 5.68. The zero-order valence-electron chi connectivity index (χ0n) is 14.0. The Morgan fingerprint density at radius 3 is 2.35 bits per heavy atom. The van der Waals surface area contributed by atoms with E-state index in [0.29, 0.717) is 10.0 Å². The third kappa shape index (κ3) is 5.37. The second kappa shape index (κ2) is 9.43. The number of imidazole rings is 1. The van der Waals surface area contributed by atoms with Crippen LogP contribution in [-0.4, -0.2) is 20.6 Å². The number of nitrogens with zero attached hydrogens (tertiary/aromatic N) is 2. The summed E-state index contributed by atoms with van der Waals surface area (Å²) >= 11 is 22.2. The Bertz CT molecular complexity index is 845. The first kappa shape index (κ1) is 20.0. The smallest absolute Gasteiger partial charge is 0.105 e. The topological polar surface area (TPSA) is 17.8 Å². The molecule has 0 bridgehead atoms. The fraction of sp³-hybridized carbons (Fsp3) is 0.211. The van der Waals surface area contributed by atoms with Gasteiger partial charge in [-0.3, -0.25) is 0 Å². The standard InChI is InChI=1S/C19H17Cl3N2S2/c1-13-23-9-10-24(13)11-16(12-25-15-7-5-14(20)6-8-15)26-19-17(21)3-2-4-18(19)22/h2-10,16H,11-12H2,1H3. The minimum absolute atomic E-state index is 0.279. The Kier molecular flexibility index (Phi) is 7.24. The molecule has 0 saturated heterocycles. The zero-order chi connectivity index (χ0) is 18.5. The van der Waals surface area contributed by atoms with Gasteiger partial charge in [-0.1, -0.05) is 40.9 Å². The lowest BCUT2D eigenvalue weighted by molar-refractivity contribution is 0.673. The van der Waals surface area contributed by atoms with Gasteiger partial charge in [-0.05, 0) is 43.3 Å². The Balaban J connectivity index is 1.77. The van der Waals surface area contributed by atoms with E-state index in [9.17, 15) is 0 Å². The fourth-order valence-electron chi connectivity index (χ4n) is 2.42. The molecule has 1 atom stereocenters. The first-order valence-corrected chi connectivity index (χ1v) is 11.0. The van der Waals surface area contributed by atoms with Crippen molar-refractivity contribution in [3.8, 4) is 0 Å². The highest BCUT2D eigenvalue weighted by atomic mass is 35.5. The third-order valence-electron chi connectivity index (χ3n) is 3.78. The molecule has 0 saturated carbocycles. The van der Waals surface area contributed by atoms with Crippen LogP contribution in [0.2, 0.25) is 15.1 Å². The number of aryl methyl sites for hydroxylation is 1. The van der Waals surface area contributed by atoms with Crippen LogP contribution < -0.4 is 0 Å². The van der Waals surface area contributed by atoms with Crippen molar-refractivity contribution in [3.05, 3.63) is 75.8 Å². The maximum absolute atomic E-state index is 6.38. The van der Waals surface area contributed by atoms with Gasteiger partial charge in [0.2, 0.25) is 0 Å². The lowest BCUT2D eigenvalue weighted by Crippen LogP contribution is -2.16. The number of hydrogen-bond donors (Lipinski definition) is 0. The van der Waals surface area contributed by atoms with E-state index in [0.717, 1.165) is 28.0 Å². The molecule has 1 aromatic heterocycles. The quantitative estimate of drug-likeness (QED) is 0.362. The van der Waals surface area contributed by atoms with Crippen LogP contribution in [0.3, 0.4) is 0 Å². The van der Waals surface area contributed by atoms with Crippen LogP contribution in [0.4, 0.5) is 0 Å². The molecule has 0 amide bonds. The van der Waals surface area contributed by atoms with Gasteiger partial charge in [0.15, 0.2) is 0 Å². The molecule has 2 nitrogen and oxygen atoms in total. The molecule has 3 rings (SSSR count). The van der Waals surface area contributed by atoms with Crippen LogP contribution >= 0.6 is 58.3 Å². The summed E-state index contributed by atoms with van der Waals surface area (Å²) in [6.07, 6.45) is 3.83. The van der Waals surface area contributed by atoms with Gasteiger partial charge < -0.3 is 4.57 Å². The summed E-state index contributed by atoms with van der Waals surface area (Å²) in [6.45, 7) is 2.84. The van der Waals surface area contributed by atoms with E-state index < -0.39 is 0 Å². The van der Waals surface area contributed by atoms with Crippen molar-refractivity contribution in [2.75, 3.05) is 5.75 Å². The first-order chi connectivity index (χ1) is 12.5. The molecule has 0 spiro atoms. The fourth-order valence-corrected chi connectivity index (χ4v) is 5.43. The van der Waals surface area contributed by atoms with Crippen molar-refractivity contribution in [3.63, 3.8) is 0 Å². The van der Waals surface area contributed by atoms with Gasteiger partial charge in [0.05, 0.1) is 10.0 Å². The van der Waals surface area contributed by atoms with Gasteiger partial charge in [0, 0.05) is 44.8 Å². The van der Waals surface area contributed by atoms with E-state index in [-0.39, 0.29) is 5.25 Å². The lowest BCUT2D eigenvalue weighted by Gasteiger charge is -2.19. The maximum Gasteiger partial charge on any atom is 0.105 e. The van der Waals surface area contributed by atoms with Crippen molar-refractivity contribution < 1.29 is 0 Å². The highest BCUT2D eigenvalue weighted by Crippen LogP contribution is 2.38. The van der Waals surface area contributed by atoms with E-state index in [1.54, 1.807) is 23.5 Å². The minimum atomic E-state index is 0.279. The van der Waals surface area contributed by atoms with Gasteiger partial charge in [-0.15, -0.1) is 23.5 Å². The van der Waals surface area contributed by atoms with Gasteiger partial charge in [0.25, 0.3) is 0 Å². The molecule has 136 valence electrons. The summed E-state index contributed by atoms with van der Waals surface area (Å²) in [5.41, 5.74) is 0. The molecule has 0 radical (unpaired) electrons. The molecule has 7 heteroatoms. The van der Waals surface area contributed by atoms with Crippen LogP contribution in [0.25, 0.3) is 0 Å². The predicted octanol–water partition coefficient (Wildman–Crippen LogP) is 7.10. The highest BCUT2D eigenvalue weighted by Gasteiger charge is 2.17. The van der Waals surface area contributed by atoms with Crippen molar-refractivity contribution in [1.82, 2.24) is 9.55 Å². The highest BCUT2D eigenvalue weighted by molar-refractivity contribution is 8.03. The molecule has 0 aliphatic heterocycles. The number of rotatable bonds is 7. The summed E-state index contributed by atoms with van der Waals surface area (Å²) in [7, 11) is 0. The van der Waals surface area contributed by atoms with Crippen LogP contribution in [0.1, 0.15) is 5.82 Å². The number of hydrogen-bond acceptors (Lipinski definition) is 3. The van der Waals surface area contributed by atoms with Crippen molar-refractivity contribution >= 4 is 58.3 Å². The van der Waals surface area contributed by atoms with Crippen LogP contribution in [0.15, 0.2) is 64.6 Å². The summed E-state index contributed by atoms with van der Waals surface area (Å²) in [5, 5.41) is 2.40. The largest absolute Gasteiger partial charge is 0.334 e. The molecule has 0 N–H and O–H groups in total. The monoisotopic (exact) mass is 442 g/mol. The molecule has 0 aliphatic carbocycles. The average molecular weight is 444 g/mol. The summed E-state index contributed by atoms with van der Waals surface area (Å²) in [4.78, 5) is 6.43. The van der Waals surface area contributed by atoms with Gasteiger partial charge in [0.1, 0.15) is 5.82 Å². The first-order valence-electron chi connectivity index (χ1n) is 7.99. The summed E-state index contributed by atoms with van der Waals surface area (Å²) in [6, 6.07) is 13.5. The van der Waals surface area contributed by atoms with E-state index in [1.807, 2.05) is 61.8 Å². The Morgan fingerprint density at radius 1 is 1.04 bits per heavy atom. The molecule has 0 aliphatic rings. The van der Waals surface area contributed by atoms with Crippen LogP contribution in [0, 0.1) is 6.92 Å². The lowest BCUT2D eigenvalue weighted by atomic mass is 10.4. The molecule has 3 aromatic rings. The Morgan fingerprint density at radius 2 is 1.73 bits per heavy atom. The summed E-state index contributed by atoms with van der Waals surface area (Å²) < 4.78 is 2.16. The molecule has 0 fully saturated rings. The predicted molar refractivity (Wildman–Crippen MR) is 115 cm³/mol. The van der Waals surface area contributed by atoms with E-state index in [2.05, 4.69) is 9.55 Å². The number of aromatic nitrogens is 2. The van der Waals surface area contributed by atoms with Gasteiger partial charge >= 0.3 is 0 Å². The summed E-state index contributed by atoms with van der Waals surface area (Å²) in [5.74, 6) is 1.91. The van der Waals surface area contributed by atoms with Crippen LogP contribution in [-0.2, 0) is 6.54 Å². The van der Waals surface area contributed by atoms with Crippen LogP contribution in [0.5, 0.6) is 0 Å². The zero-order valence-corrected chi connectivity index (χ0v) is 17.9. The van der Waals surface area contributed by atoms with Gasteiger partial charge in [-0.2, -0.15) is 0 Å². The average Bonchev–Trinajstić information content (AvgIpc) is 3.02. The Labute approximate surface area is 177 Å². The van der Waals surface area contributed by atoms with Crippen molar-refractivity contribution in [2.24, 2.45) is 0 Å². The molecule has 1 heterocycles. The number of benzene rings is 2. The molecular weight excluding hydrogens is 427 g/mol. The van der Waals surface area contributed by atoms with Crippen molar-refractivity contribution in [1.29, 1.82) is 0 Å². The van der Waals surface area contributed by atoms with Gasteiger partial charge in [-0.25, -0.2) is 4.98 Å². The minimum Gasteiger partial charge on any atom is -0.334 e. The van der Waals surface area contributed by atoms with E-state index >= 15 is 0 Å².